The number of carboxylic acids is 1. The average Bonchev–Trinajstić information content (AvgIpc) is 2.99. The van der Waals surface area contributed by atoms with Crippen molar-refractivity contribution >= 4 is 22.8 Å². The third-order valence-electron chi connectivity index (χ3n) is 4.77. The highest BCUT2D eigenvalue weighted by molar-refractivity contribution is 5.95. The molecule has 5 nitrogen and oxygen atoms in total. The molecule has 0 unspecified atom stereocenters. The SMILES string of the molecule is O=C(O)c1ccc2[nH]c3c(c2c1)CCN(C(=O)Cc1ccccc1)C3. The van der Waals surface area contributed by atoms with Crippen molar-refractivity contribution in [2.75, 3.05) is 6.54 Å². The van der Waals surface area contributed by atoms with Gasteiger partial charge in [-0.15, -0.1) is 0 Å². The number of nitrogens with one attached hydrogen (secondary N) is 1. The first-order valence-corrected chi connectivity index (χ1v) is 8.30. The number of hydrogen-bond acceptors (Lipinski definition) is 2. The minimum absolute atomic E-state index is 0.113. The van der Waals surface area contributed by atoms with E-state index in [1.807, 2.05) is 35.2 Å². The summed E-state index contributed by atoms with van der Waals surface area (Å²) in [6, 6.07) is 14.9. The number of carbonyl (C=O) groups excluding carboxylic acids is 1. The molecule has 0 spiro atoms. The molecule has 0 bridgehead atoms. The maximum atomic E-state index is 12.6. The molecule has 3 aromatic rings. The first-order chi connectivity index (χ1) is 12.1. The minimum Gasteiger partial charge on any atom is -0.478 e. The Labute approximate surface area is 144 Å². The fourth-order valence-electron chi connectivity index (χ4n) is 3.47. The third kappa shape index (κ3) is 2.89. The monoisotopic (exact) mass is 334 g/mol. The van der Waals surface area contributed by atoms with Gasteiger partial charge in [-0.2, -0.15) is 0 Å². The van der Waals surface area contributed by atoms with Gasteiger partial charge in [0.25, 0.3) is 0 Å². The summed E-state index contributed by atoms with van der Waals surface area (Å²) in [6.07, 6.45) is 1.14. The summed E-state index contributed by atoms with van der Waals surface area (Å²) in [6.45, 7) is 1.20. The number of benzene rings is 2. The molecule has 0 aliphatic carbocycles. The average molecular weight is 334 g/mol. The van der Waals surface area contributed by atoms with Crippen LogP contribution in [0.4, 0.5) is 0 Å². The summed E-state index contributed by atoms with van der Waals surface area (Å²) >= 11 is 0. The van der Waals surface area contributed by atoms with Gasteiger partial charge in [0, 0.05) is 23.1 Å². The molecule has 1 aromatic heterocycles. The highest BCUT2D eigenvalue weighted by Gasteiger charge is 2.24. The van der Waals surface area contributed by atoms with Gasteiger partial charge in [-0.3, -0.25) is 4.79 Å². The molecule has 2 N–H and O–H groups in total. The Bertz CT molecular complexity index is 960. The summed E-state index contributed by atoms with van der Waals surface area (Å²) in [5.41, 5.74) is 4.36. The molecule has 0 saturated heterocycles. The molecule has 126 valence electrons. The third-order valence-corrected chi connectivity index (χ3v) is 4.77. The Morgan fingerprint density at radius 1 is 1.12 bits per heavy atom. The lowest BCUT2D eigenvalue weighted by Crippen LogP contribution is -2.36. The van der Waals surface area contributed by atoms with E-state index in [4.69, 9.17) is 0 Å². The minimum atomic E-state index is -0.924. The molecule has 0 radical (unpaired) electrons. The molecule has 1 amide bonds. The Balaban J connectivity index is 1.58. The van der Waals surface area contributed by atoms with E-state index in [-0.39, 0.29) is 11.5 Å². The van der Waals surface area contributed by atoms with Crippen LogP contribution in [0, 0.1) is 0 Å². The van der Waals surface area contributed by atoms with E-state index in [0.717, 1.165) is 34.1 Å². The lowest BCUT2D eigenvalue weighted by molar-refractivity contribution is -0.131. The van der Waals surface area contributed by atoms with E-state index in [0.29, 0.717) is 19.5 Å². The predicted molar refractivity (Wildman–Crippen MR) is 94.5 cm³/mol. The first kappa shape index (κ1) is 15.4. The van der Waals surface area contributed by atoms with Gasteiger partial charge in [-0.1, -0.05) is 30.3 Å². The largest absolute Gasteiger partial charge is 0.478 e. The molecule has 25 heavy (non-hydrogen) atoms. The number of hydrogen-bond donors (Lipinski definition) is 2. The molecule has 5 heteroatoms. The van der Waals surface area contributed by atoms with Crippen molar-refractivity contribution in [1.82, 2.24) is 9.88 Å². The number of aromatic carboxylic acids is 1. The number of rotatable bonds is 3. The van der Waals surface area contributed by atoms with Gasteiger partial charge in [0.15, 0.2) is 0 Å². The van der Waals surface area contributed by atoms with Crippen LogP contribution in [0.3, 0.4) is 0 Å². The van der Waals surface area contributed by atoms with Crippen molar-refractivity contribution in [3.63, 3.8) is 0 Å². The van der Waals surface area contributed by atoms with E-state index in [2.05, 4.69) is 4.98 Å². The first-order valence-electron chi connectivity index (χ1n) is 8.30. The second kappa shape index (κ2) is 6.09. The Morgan fingerprint density at radius 3 is 2.68 bits per heavy atom. The standard InChI is InChI=1S/C20H18N2O3/c23-19(10-13-4-2-1-3-5-13)22-9-8-15-16-11-14(20(24)25)6-7-17(16)21-18(15)12-22/h1-7,11,21H,8-10,12H2,(H,24,25). The van der Waals surface area contributed by atoms with Crippen LogP contribution < -0.4 is 0 Å². The molecule has 1 aliphatic heterocycles. The van der Waals surface area contributed by atoms with Gasteiger partial charge < -0.3 is 15.0 Å². The summed E-state index contributed by atoms with van der Waals surface area (Å²) in [4.78, 5) is 29.0. The number of carbonyl (C=O) groups is 2. The number of nitrogens with zero attached hydrogens (tertiary/aromatic N) is 1. The molecular formula is C20H18N2O3. The molecule has 2 heterocycles. The highest BCUT2D eigenvalue weighted by Crippen LogP contribution is 2.28. The Hall–Kier alpha value is -3.08. The molecule has 0 fully saturated rings. The van der Waals surface area contributed by atoms with Crippen molar-refractivity contribution in [2.24, 2.45) is 0 Å². The zero-order valence-electron chi connectivity index (χ0n) is 13.7. The molecule has 0 atom stereocenters. The second-order valence-electron chi connectivity index (χ2n) is 6.38. The highest BCUT2D eigenvalue weighted by atomic mass is 16.4. The van der Waals surface area contributed by atoms with Crippen LogP contribution >= 0.6 is 0 Å². The van der Waals surface area contributed by atoms with Gasteiger partial charge in [0.2, 0.25) is 5.91 Å². The summed E-state index contributed by atoms with van der Waals surface area (Å²) < 4.78 is 0. The number of aromatic nitrogens is 1. The van der Waals surface area contributed by atoms with Gasteiger partial charge >= 0.3 is 5.97 Å². The fraction of sp³-hybridized carbons (Fsp3) is 0.200. The number of carboxylic acid groups (broad SMARTS) is 1. The van der Waals surface area contributed by atoms with E-state index in [1.165, 1.54) is 0 Å². The summed E-state index contributed by atoms with van der Waals surface area (Å²) in [5, 5.41) is 10.1. The number of fused-ring (bicyclic) bond motifs is 3. The topological polar surface area (TPSA) is 73.4 Å². The van der Waals surface area contributed by atoms with Crippen LogP contribution in [0.2, 0.25) is 0 Å². The molecule has 0 saturated carbocycles. The number of amides is 1. The number of aromatic amines is 1. The van der Waals surface area contributed by atoms with Crippen molar-refractivity contribution in [3.8, 4) is 0 Å². The lowest BCUT2D eigenvalue weighted by atomic mass is 10.0. The maximum Gasteiger partial charge on any atom is 0.335 e. The Kier molecular flexibility index (Phi) is 3.76. The normalized spacial score (nSPS) is 13.7. The van der Waals surface area contributed by atoms with Gasteiger partial charge in [0.05, 0.1) is 18.5 Å². The zero-order chi connectivity index (χ0) is 17.4. The second-order valence-corrected chi connectivity index (χ2v) is 6.38. The van der Waals surface area contributed by atoms with E-state index >= 15 is 0 Å². The van der Waals surface area contributed by atoms with Crippen LogP contribution in [0.25, 0.3) is 10.9 Å². The maximum absolute atomic E-state index is 12.6. The number of H-pyrrole nitrogens is 1. The zero-order valence-corrected chi connectivity index (χ0v) is 13.7. The van der Waals surface area contributed by atoms with Crippen molar-refractivity contribution in [3.05, 3.63) is 70.9 Å². The summed E-state index contributed by atoms with van der Waals surface area (Å²) in [5.74, 6) is -0.811. The fourth-order valence-corrected chi connectivity index (χ4v) is 3.47. The smallest absolute Gasteiger partial charge is 0.335 e. The van der Waals surface area contributed by atoms with Crippen molar-refractivity contribution in [1.29, 1.82) is 0 Å². The molecule has 4 rings (SSSR count). The van der Waals surface area contributed by atoms with E-state index in [9.17, 15) is 14.7 Å². The van der Waals surface area contributed by atoms with Crippen LogP contribution in [0.15, 0.2) is 48.5 Å². The molecular weight excluding hydrogens is 316 g/mol. The van der Waals surface area contributed by atoms with Crippen LogP contribution in [-0.4, -0.2) is 33.4 Å². The van der Waals surface area contributed by atoms with Crippen molar-refractivity contribution < 1.29 is 14.7 Å². The van der Waals surface area contributed by atoms with E-state index < -0.39 is 5.97 Å². The predicted octanol–water partition coefficient (Wildman–Crippen LogP) is 2.99. The molecule has 1 aliphatic rings. The van der Waals surface area contributed by atoms with Crippen LogP contribution in [-0.2, 0) is 24.2 Å². The Morgan fingerprint density at radius 2 is 1.92 bits per heavy atom. The quantitative estimate of drug-likeness (QED) is 0.773. The van der Waals surface area contributed by atoms with Crippen molar-refractivity contribution in [2.45, 2.75) is 19.4 Å². The van der Waals surface area contributed by atoms with Gasteiger partial charge in [-0.05, 0) is 35.7 Å². The van der Waals surface area contributed by atoms with Crippen LogP contribution in [0.5, 0.6) is 0 Å². The lowest BCUT2D eigenvalue weighted by Gasteiger charge is -2.27. The molecule has 2 aromatic carbocycles. The van der Waals surface area contributed by atoms with E-state index in [1.54, 1.807) is 18.2 Å². The summed E-state index contributed by atoms with van der Waals surface area (Å²) in [7, 11) is 0. The van der Waals surface area contributed by atoms with Gasteiger partial charge in [-0.25, -0.2) is 4.79 Å². The van der Waals surface area contributed by atoms with Crippen LogP contribution in [0.1, 0.15) is 27.2 Å². The van der Waals surface area contributed by atoms with Gasteiger partial charge in [0.1, 0.15) is 0 Å².